The van der Waals surface area contributed by atoms with Crippen molar-refractivity contribution < 1.29 is 4.74 Å². The smallest absolute Gasteiger partial charge is 0.122 e. The van der Waals surface area contributed by atoms with Gasteiger partial charge < -0.3 is 10.5 Å². The Balaban J connectivity index is 1.87. The number of fused-ring (bicyclic) bond motifs is 1. The zero-order chi connectivity index (χ0) is 14.8. The van der Waals surface area contributed by atoms with Crippen molar-refractivity contribution in [2.75, 3.05) is 6.61 Å². The third kappa shape index (κ3) is 2.81. The molecule has 2 heteroatoms. The zero-order valence-corrected chi connectivity index (χ0v) is 12.8. The summed E-state index contributed by atoms with van der Waals surface area (Å²) in [6, 6.07) is 17.0. The molecule has 0 spiro atoms. The van der Waals surface area contributed by atoms with Gasteiger partial charge in [-0.1, -0.05) is 56.3 Å². The minimum absolute atomic E-state index is 0.0243. The second kappa shape index (κ2) is 5.90. The van der Waals surface area contributed by atoms with E-state index in [1.54, 1.807) is 0 Å². The third-order valence-corrected chi connectivity index (χ3v) is 4.43. The molecule has 0 radical (unpaired) electrons. The highest BCUT2D eigenvalue weighted by Crippen LogP contribution is 2.40. The summed E-state index contributed by atoms with van der Waals surface area (Å²) in [5.74, 6) is 1.88. The number of nitrogens with two attached hydrogens (primary N) is 1. The molecule has 1 aliphatic rings. The number of para-hydroxylation sites is 1. The topological polar surface area (TPSA) is 35.2 Å². The fourth-order valence-corrected chi connectivity index (χ4v) is 3.08. The van der Waals surface area contributed by atoms with Crippen molar-refractivity contribution in [1.82, 2.24) is 0 Å². The molecule has 0 fully saturated rings. The van der Waals surface area contributed by atoms with E-state index in [0.717, 1.165) is 18.8 Å². The Morgan fingerprint density at radius 2 is 1.67 bits per heavy atom. The van der Waals surface area contributed by atoms with Crippen LogP contribution in [0, 0.1) is 0 Å². The molecule has 2 atom stereocenters. The molecule has 0 aromatic heterocycles. The van der Waals surface area contributed by atoms with Crippen LogP contribution in [0.2, 0.25) is 0 Å². The Bertz CT molecular complexity index is 603. The molecule has 0 saturated carbocycles. The van der Waals surface area contributed by atoms with Gasteiger partial charge in [-0.3, -0.25) is 0 Å². The van der Waals surface area contributed by atoms with Crippen LogP contribution >= 0.6 is 0 Å². The van der Waals surface area contributed by atoms with E-state index in [2.05, 4.69) is 50.2 Å². The van der Waals surface area contributed by atoms with Gasteiger partial charge in [0.05, 0.1) is 6.61 Å². The van der Waals surface area contributed by atoms with Crippen molar-refractivity contribution in [2.24, 2.45) is 5.73 Å². The Morgan fingerprint density at radius 3 is 2.38 bits per heavy atom. The van der Waals surface area contributed by atoms with Gasteiger partial charge in [0.15, 0.2) is 0 Å². The van der Waals surface area contributed by atoms with E-state index < -0.39 is 0 Å². The van der Waals surface area contributed by atoms with Gasteiger partial charge in [-0.15, -0.1) is 0 Å². The van der Waals surface area contributed by atoms with Crippen molar-refractivity contribution in [1.29, 1.82) is 0 Å². The van der Waals surface area contributed by atoms with Crippen LogP contribution in [0.5, 0.6) is 5.75 Å². The van der Waals surface area contributed by atoms with E-state index in [1.165, 1.54) is 16.7 Å². The average molecular weight is 281 g/mol. The van der Waals surface area contributed by atoms with Crippen LogP contribution in [0.4, 0.5) is 0 Å². The molecule has 2 nitrogen and oxygen atoms in total. The number of benzene rings is 2. The molecular formula is C19H23NO. The largest absolute Gasteiger partial charge is 0.493 e. The van der Waals surface area contributed by atoms with Crippen molar-refractivity contribution in [3.63, 3.8) is 0 Å². The molecule has 0 aliphatic carbocycles. The quantitative estimate of drug-likeness (QED) is 0.906. The highest BCUT2D eigenvalue weighted by atomic mass is 16.5. The Labute approximate surface area is 126 Å². The summed E-state index contributed by atoms with van der Waals surface area (Å²) in [5.41, 5.74) is 10.4. The van der Waals surface area contributed by atoms with E-state index >= 15 is 0 Å². The SMILES string of the molecule is CC(C)c1ccc(C(N)C2CCOc3ccccc32)cc1. The molecule has 1 heterocycles. The molecule has 3 rings (SSSR count). The van der Waals surface area contributed by atoms with E-state index in [4.69, 9.17) is 10.5 Å². The summed E-state index contributed by atoms with van der Waals surface area (Å²) in [4.78, 5) is 0. The van der Waals surface area contributed by atoms with Gasteiger partial charge in [0.2, 0.25) is 0 Å². The van der Waals surface area contributed by atoms with Gasteiger partial charge >= 0.3 is 0 Å². The minimum atomic E-state index is 0.0243. The molecule has 0 amide bonds. The number of hydrogen-bond donors (Lipinski definition) is 1. The summed E-state index contributed by atoms with van der Waals surface area (Å²) in [6.45, 7) is 5.17. The summed E-state index contributed by atoms with van der Waals surface area (Å²) >= 11 is 0. The number of hydrogen-bond acceptors (Lipinski definition) is 2. The van der Waals surface area contributed by atoms with Crippen molar-refractivity contribution in [3.05, 3.63) is 65.2 Å². The molecule has 2 N–H and O–H groups in total. The first kappa shape index (κ1) is 14.2. The minimum Gasteiger partial charge on any atom is -0.493 e. The lowest BCUT2D eigenvalue weighted by atomic mass is 9.83. The summed E-state index contributed by atoms with van der Waals surface area (Å²) < 4.78 is 5.73. The molecule has 21 heavy (non-hydrogen) atoms. The van der Waals surface area contributed by atoms with Crippen LogP contribution in [-0.2, 0) is 0 Å². The molecule has 110 valence electrons. The van der Waals surface area contributed by atoms with Crippen LogP contribution < -0.4 is 10.5 Å². The van der Waals surface area contributed by atoms with E-state index in [-0.39, 0.29) is 6.04 Å². The van der Waals surface area contributed by atoms with Crippen LogP contribution in [0.3, 0.4) is 0 Å². The van der Waals surface area contributed by atoms with Crippen LogP contribution in [0.1, 0.15) is 54.8 Å². The molecule has 0 saturated heterocycles. The fourth-order valence-electron chi connectivity index (χ4n) is 3.08. The fraction of sp³-hybridized carbons (Fsp3) is 0.368. The first-order valence-electron chi connectivity index (χ1n) is 7.74. The van der Waals surface area contributed by atoms with Crippen LogP contribution in [0.25, 0.3) is 0 Å². The molecule has 2 aromatic carbocycles. The lowest BCUT2D eigenvalue weighted by Gasteiger charge is -2.30. The Morgan fingerprint density at radius 1 is 1.00 bits per heavy atom. The third-order valence-electron chi connectivity index (χ3n) is 4.43. The van der Waals surface area contributed by atoms with Crippen LogP contribution in [0.15, 0.2) is 48.5 Å². The van der Waals surface area contributed by atoms with Crippen molar-refractivity contribution >= 4 is 0 Å². The highest BCUT2D eigenvalue weighted by molar-refractivity contribution is 5.40. The second-order valence-electron chi connectivity index (χ2n) is 6.13. The molecular weight excluding hydrogens is 258 g/mol. The Kier molecular flexibility index (Phi) is 3.98. The van der Waals surface area contributed by atoms with Crippen molar-refractivity contribution in [3.8, 4) is 5.75 Å². The van der Waals surface area contributed by atoms with Gasteiger partial charge in [0, 0.05) is 12.0 Å². The second-order valence-corrected chi connectivity index (χ2v) is 6.13. The van der Waals surface area contributed by atoms with Gasteiger partial charge in [-0.25, -0.2) is 0 Å². The lowest BCUT2D eigenvalue weighted by Crippen LogP contribution is -2.25. The van der Waals surface area contributed by atoms with E-state index in [0.29, 0.717) is 11.8 Å². The average Bonchev–Trinajstić information content (AvgIpc) is 2.53. The van der Waals surface area contributed by atoms with Gasteiger partial charge in [-0.2, -0.15) is 0 Å². The molecule has 2 unspecified atom stereocenters. The monoisotopic (exact) mass is 281 g/mol. The predicted octanol–water partition coefficient (Wildman–Crippen LogP) is 4.38. The van der Waals surface area contributed by atoms with E-state index in [1.807, 2.05) is 12.1 Å². The number of ether oxygens (including phenoxy) is 1. The number of rotatable bonds is 3. The maximum atomic E-state index is 6.56. The summed E-state index contributed by atoms with van der Waals surface area (Å²) in [7, 11) is 0. The van der Waals surface area contributed by atoms with Gasteiger partial charge in [0.1, 0.15) is 5.75 Å². The Hall–Kier alpha value is -1.80. The normalized spacial score (nSPS) is 19.0. The molecule has 0 bridgehead atoms. The van der Waals surface area contributed by atoms with Crippen LogP contribution in [-0.4, -0.2) is 6.61 Å². The van der Waals surface area contributed by atoms with Crippen molar-refractivity contribution in [2.45, 2.75) is 38.1 Å². The maximum Gasteiger partial charge on any atom is 0.122 e. The highest BCUT2D eigenvalue weighted by Gasteiger charge is 2.27. The molecule has 1 aliphatic heterocycles. The first-order valence-corrected chi connectivity index (χ1v) is 7.74. The van der Waals surface area contributed by atoms with E-state index in [9.17, 15) is 0 Å². The maximum absolute atomic E-state index is 6.56. The molecule has 2 aromatic rings. The van der Waals surface area contributed by atoms with Gasteiger partial charge in [0.25, 0.3) is 0 Å². The first-order chi connectivity index (χ1) is 10.2. The summed E-state index contributed by atoms with van der Waals surface area (Å²) in [6.07, 6.45) is 0.976. The summed E-state index contributed by atoms with van der Waals surface area (Å²) in [5, 5.41) is 0. The zero-order valence-electron chi connectivity index (χ0n) is 12.8. The standard InChI is InChI=1S/C19H23NO/c1-13(2)14-7-9-15(10-8-14)19(20)17-11-12-21-18-6-4-3-5-16(17)18/h3-10,13,17,19H,11-12,20H2,1-2H3. The lowest BCUT2D eigenvalue weighted by molar-refractivity contribution is 0.255. The predicted molar refractivity (Wildman–Crippen MR) is 86.8 cm³/mol. The van der Waals surface area contributed by atoms with Gasteiger partial charge in [-0.05, 0) is 35.1 Å².